The Morgan fingerprint density at radius 3 is 3.00 bits per heavy atom. The summed E-state index contributed by atoms with van der Waals surface area (Å²) in [4.78, 5) is 19.3. The van der Waals surface area contributed by atoms with E-state index in [4.69, 9.17) is 5.84 Å². The average Bonchev–Trinajstić information content (AvgIpc) is 2.61. The number of aromatic nitrogens is 1. The molecule has 1 aliphatic rings. The third kappa shape index (κ3) is 2.06. The van der Waals surface area contributed by atoms with E-state index >= 15 is 0 Å². The van der Waals surface area contributed by atoms with Crippen LogP contribution in [-0.2, 0) is 6.54 Å². The maximum Gasteiger partial charge on any atom is 0.320 e. The zero-order valence-corrected chi connectivity index (χ0v) is 9.18. The van der Waals surface area contributed by atoms with Crippen molar-refractivity contribution in [2.75, 3.05) is 25.6 Å². The van der Waals surface area contributed by atoms with Gasteiger partial charge in [-0.25, -0.2) is 4.79 Å². The molecular weight excluding hydrogens is 206 g/mol. The Balaban J connectivity index is 2.06. The van der Waals surface area contributed by atoms with Gasteiger partial charge >= 0.3 is 6.03 Å². The van der Waals surface area contributed by atoms with Crippen LogP contribution in [0.3, 0.4) is 0 Å². The number of rotatable bonds is 3. The molecule has 3 N–H and O–H groups in total. The van der Waals surface area contributed by atoms with E-state index in [1.165, 1.54) is 0 Å². The fourth-order valence-electron chi connectivity index (χ4n) is 1.70. The highest BCUT2D eigenvalue weighted by Crippen LogP contribution is 2.12. The van der Waals surface area contributed by atoms with Crippen LogP contribution in [0.1, 0.15) is 5.69 Å². The zero-order chi connectivity index (χ0) is 11.5. The molecule has 0 aromatic carbocycles. The van der Waals surface area contributed by atoms with Gasteiger partial charge in [0, 0.05) is 26.3 Å². The van der Waals surface area contributed by atoms with Crippen molar-refractivity contribution in [1.29, 1.82) is 0 Å². The molecule has 0 atom stereocenters. The van der Waals surface area contributed by atoms with E-state index in [0.717, 1.165) is 24.5 Å². The number of urea groups is 1. The number of likely N-dealkylation sites (N-methyl/N-ethyl adjacent to an activating group) is 1. The van der Waals surface area contributed by atoms with Crippen LogP contribution in [-0.4, -0.2) is 41.0 Å². The lowest BCUT2D eigenvalue weighted by Crippen LogP contribution is -2.29. The quantitative estimate of drug-likeness (QED) is 0.566. The topological polar surface area (TPSA) is 74.5 Å². The summed E-state index contributed by atoms with van der Waals surface area (Å²) in [5.41, 5.74) is 4.19. The third-order valence-electron chi connectivity index (χ3n) is 2.64. The normalized spacial score (nSPS) is 15.8. The lowest BCUT2D eigenvalue weighted by Gasteiger charge is -2.15. The largest absolute Gasteiger partial charge is 0.326 e. The number of amides is 2. The van der Waals surface area contributed by atoms with Crippen LogP contribution < -0.4 is 11.3 Å². The lowest BCUT2D eigenvalue weighted by molar-refractivity contribution is 0.196. The summed E-state index contributed by atoms with van der Waals surface area (Å²) in [6.07, 6.45) is 1.68. The fraction of sp³-hybridized carbons (Fsp3) is 0.400. The molecule has 1 aromatic heterocycles. The minimum Gasteiger partial charge on any atom is -0.326 e. The average molecular weight is 221 g/mol. The highest BCUT2D eigenvalue weighted by molar-refractivity contribution is 5.76. The molecule has 1 saturated heterocycles. The molecular formula is C10H15N5O. The second-order valence-electron chi connectivity index (χ2n) is 3.81. The van der Waals surface area contributed by atoms with Gasteiger partial charge in [0.05, 0.1) is 17.9 Å². The summed E-state index contributed by atoms with van der Waals surface area (Å²) in [7, 11) is 1.80. The molecule has 0 bridgehead atoms. The summed E-state index contributed by atoms with van der Waals surface area (Å²) in [6, 6.07) is 3.67. The molecule has 6 heteroatoms. The highest BCUT2D eigenvalue weighted by atomic mass is 16.2. The Kier molecular flexibility index (Phi) is 2.91. The van der Waals surface area contributed by atoms with E-state index in [-0.39, 0.29) is 6.03 Å². The van der Waals surface area contributed by atoms with Crippen molar-refractivity contribution in [2.45, 2.75) is 6.54 Å². The molecule has 2 heterocycles. The molecule has 0 radical (unpaired) electrons. The summed E-state index contributed by atoms with van der Waals surface area (Å²) in [5, 5.41) is 0. The highest BCUT2D eigenvalue weighted by Gasteiger charge is 2.25. The number of nitrogens with zero attached hydrogens (tertiary/aromatic N) is 3. The molecule has 0 unspecified atom stereocenters. The van der Waals surface area contributed by atoms with Crippen molar-refractivity contribution in [3.05, 3.63) is 24.0 Å². The van der Waals surface area contributed by atoms with Crippen LogP contribution in [0, 0.1) is 0 Å². The molecule has 1 fully saturated rings. The number of nitrogen functional groups attached to an aromatic ring is 1. The SMILES string of the molecule is CN1CCN(Cc2cc(NN)ccn2)C1=O. The van der Waals surface area contributed by atoms with Crippen molar-refractivity contribution >= 4 is 11.7 Å². The Hall–Kier alpha value is -1.82. The van der Waals surface area contributed by atoms with Crippen LogP contribution in [0.4, 0.5) is 10.5 Å². The van der Waals surface area contributed by atoms with Gasteiger partial charge in [0.1, 0.15) is 0 Å². The molecule has 86 valence electrons. The lowest BCUT2D eigenvalue weighted by atomic mass is 10.3. The number of anilines is 1. The fourth-order valence-corrected chi connectivity index (χ4v) is 1.70. The van der Waals surface area contributed by atoms with Gasteiger partial charge in [-0.2, -0.15) is 0 Å². The minimum atomic E-state index is 0.0490. The standard InChI is InChI=1S/C10H15N5O/c1-14-4-5-15(10(14)16)7-9-6-8(13-11)2-3-12-9/h2-3,6H,4-5,7,11H2,1H3,(H,12,13). The first kappa shape index (κ1) is 10.7. The van der Waals surface area contributed by atoms with Gasteiger partial charge in [-0.05, 0) is 12.1 Å². The van der Waals surface area contributed by atoms with Crippen molar-refractivity contribution in [2.24, 2.45) is 5.84 Å². The summed E-state index contributed by atoms with van der Waals surface area (Å²) < 4.78 is 0. The smallest absolute Gasteiger partial charge is 0.320 e. The van der Waals surface area contributed by atoms with Gasteiger partial charge < -0.3 is 15.2 Å². The molecule has 1 aromatic rings. The predicted octanol–water partition coefficient (Wildman–Crippen LogP) is 0.235. The third-order valence-corrected chi connectivity index (χ3v) is 2.64. The van der Waals surface area contributed by atoms with E-state index in [1.54, 1.807) is 29.1 Å². The molecule has 2 amide bonds. The molecule has 0 spiro atoms. The second kappa shape index (κ2) is 4.36. The number of carbonyl (C=O) groups is 1. The maximum atomic E-state index is 11.6. The van der Waals surface area contributed by atoms with E-state index < -0.39 is 0 Å². The van der Waals surface area contributed by atoms with Crippen LogP contribution in [0.25, 0.3) is 0 Å². The second-order valence-corrected chi connectivity index (χ2v) is 3.81. The molecule has 6 nitrogen and oxygen atoms in total. The molecule has 0 saturated carbocycles. The minimum absolute atomic E-state index is 0.0490. The number of nitrogens with one attached hydrogen (secondary N) is 1. The van der Waals surface area contributed by atoms with E-state index in [9.17, 15) is 4.79 Å². The van der Waals surface area contributed by atoms with Gasteiger partial charge in [0.2, 0.25) is 0 Å². The van der Waals surface area contributed by atoms with Gasteiger partial charge in [-0.1, -0.05) is 0 Å². The monoisotopic (exact) mass is 221 g/mol. The van der Waals surface area contributed by atoms with Crippen LogP contribution >= 0.6 is 0 Å². The maximum absolute atomic E-state index is 11.6. The molecule has 0 aliphatic carbocycles. The number of carbonyl (C=O) groups excluding carboxylic acids is 1. The van der Waals surface area contributed by atoms with Crippen molar-refractivity contribution in [1.82, 2.24) is 14.8 Å². The molecule has 2 rings (SSSR count). The van der Waals surface area contributed by atoms with E-state index in [2.05, 4.69) is 10.4 Å². The Morgan fingerprint density at radius 2 is 2.38 bits per heavy atom. The summed E-state index contributed by atoms with van der Waals surface area (Å²) >= 11 is 0. The predicted molar refractivity (Wildman–Crippen MR) is 60.5 cm³/mol. The van der Waals surface area contributed by atoms with Gasteiger partial charge in [0.25, 0.3) is 0 Å². The summed E-state index contributed by atoms with van der Waals surface area (Å²) in [6.45, 7) is 2.05. The van der Waals surface area contributed by atoms with Crippen LogP contribution in [0.5, 0.6) is 0 Å². The Bertz CT molecular complexity index is 395. The Morgan fingerprint density at radius 1 is 1.56 bits per heavy atom. The number of pyridine rings is 1. The number of hydrogen-bond acceptors (Lipinski definition) is 4. The zero-order valence-electron chi connectivity index (χ0n) is 9.18. The van der Waals surface area contributed by atoms with Gasteiger partial charge in [0.15, 0.2) is 0 Å². The first-order valence-electron chi connectivity index (χ1n) is 5.12. The van der Waals surface area contributed by atoms with Crippen molar-refractivity contribution < 1.29 is 4.79 Å². The number of nitrogens with two attached hydrogens (primary N) is 1. The van der Waals surface area contributed by atoms with Gasteiger partial charge in [-0.15, -0.1) is 0 Å². The van der Waals surface area contributed by atoms with Gasteiger partial charge in [-0.3, -0.25) is 10.8 Å². The van der Waals surface area contributed by atoms with E-state index in [0.29, 0.717) is 6.54 Å². The number of hydrazine groups is 1. The summed E-state index contributed by atoms with van der Waals surface area (Å²) in [5.74, 6) is 5.31. The van der Waals surface area contributed by atoms with Crippen molar-refractivity contribution in [3.8, 4) is 0 Å². The van der Waals surface area contributed by atoms with Crippen molar-refractivity contribution in [3.63, 3.8) is 0 Å². The first-order valence-corrected chi connectivity index (χ1v) is 5.12. The Labute approximate surface area is 94.0 Å². The first-order chi connectivity index (χ1) is 7.70. The van der Waals surface area contributed by atoms with E-state index in [1.807, 2.05) is 6.07 Å². The molecule has 1 aliphatic heterocycles. The number of hydrogen-bond donors (Lipinski definition) is 2. The van der Waals surface area contributed by atoms with Crippen LogP contribution in [0.2, 0.25) is 0 Å². The van der Waals surface area contributed by atoms with Crippen LogP contribution in [0.15, 0.2) is 18.3 Å². The molecule has 16 heavy (non-hydrogen) atoms.